The lowest BCUT2D eigenvalue weighted by Crippen LogP contribution is -2.70. The molecule has 0 aromatic carbocycles. The Labute approximate surface area is 222 Å². The van der Waals surface area contributed by atoms with Crippen LogP contribution in [0.4, 0.5) is 110 Å². The molecule has 0 aliphatic carbocycles. The molecule has 0 radical (unpaired) electrons. The Morgan fingerprint density at radius 1 is 0.500 bits per heavy atom. The van der Waals surface area contributed by atoms with Crippen LogP contribution in [0.1, 0.15) is 18.3 Å². The van der Waals surface area contributed by atoms with Crippen LogP contribution in [0.25, 0.3) is 0 Å². The molecule has 260 valence electrons. The van der Waals surface area contributed by atoms with E-state index in [0.29, 0.717) is 0 Å². The van der Waals surface area contributed by atoms with Gasteiger partial charge in [-0.15, -0.1) is 5.10 Å². The monoisotopic (exact) mass is 715 g/mol. The number of aryl methyl sites for hydroxylation is 1. The minimum atomic E-state index is -8.31. The van der Waals surface area contributed by atoms with Crippen LogP contribution < -0.4 is 0 Å². The summed E-state index contributed by atoms with van der Waals surface area (Å²) in [5, 5.41) is 4.25. The van der Waals surface area contributed by atoms with E-state index in [4.69, 9.17) is 0 Å². The highest BCUT2D eigenvalue weighted by atomic mass is 19.4. The van der Waals surface area contributed by atoms with Gasteiger partial charge in [0.05, 0.1) is 6.20 Å². The summed E-state index contributed by atoms with van der Waals surface area (Å²) in [7, 11) is 0. The molecule has 0 fully saturated rings. The second-order valence-corrected chi connectivity index (χ2v) is 8.36. The number of halogens is 25. The summed E-state index contributed by atoms with van der Waals surface area (Å²) < 4.78 is 326. The first kappa shape index (κ1) is 39.4. The van der Waals surface area contributed by atoms with Gasteiger partial charge in [-0.3, -0.25) is 4.68 Å². The van der Waals surface area contributed by atoms with Crippen molar-refractivity contribution in [3.8, 4) is 0 Å². The van der Waals surface area contributed by atoms with Crippen LogP contribution in [0, 0.1) is 0 Å². The van der Waals surface area contributed by atoms with E-state index in [0.717, 1.165) is 0 Å². The number of hydrogen-bond donors (Lipinski definition) is 0. The number of rotatable bonds is 12. The number of alkyl halides is 25. The minimum Gasteiger partial charge on any atom is -0.252 e. The molecule has 1 atom stereocenters. The summed E-state index contributed by atoms with van der Waals surface area (Å²) in [5.74, 6) is -70.8. The highest BCUT2D eigenvalue weighted by Gasteiger charge is 2.91. The van der Waals surface area contributed by atoms with Crippen molar-refractivity contribution in [1.29, 1.82) is 0 Å². The van der Waals surface area contributed by atoms with Gasteiger partial charge in [-0.05, 0) is 0 Å². The molecule has 0 saturated carbocycles. The van der Waals surface area contributed by atoms with Gasteiger partial charge in [-0.25, -0.2) is 4.39 Å². The zero-order valence-corrected chi connectivity index (χ0v) is 19.4. The van der Waals surface area contributed by atoms with Gasteiger partial charge >= 0.3 is 65.7 Å². The normalized spacial score (nSPS) is 16.8. The topological polar surface area (TPSA) is 30.7 Å². The van der Waals surface area contributed by atoms with Gasteiger partial charge in [0.1, 0.15) is 5.69 Å². The standard InChI is InChI=1S/C16H6F25N3/c17-5(7(20,21)9(24,25)11(28,29)13(32,33)15(36,37)38)4-3-44(43-42-4)2-1-6(18,19)8(22,23)10(26,27)12(30,31)14(34,35)16(39,40)41/h3,5H,1-2H2/t5-/m1/s1. The van der Waals surface area contributed by atoms with Crippen LogP contribution in [0.15, 0.2) is 6.20 Å². The molecule has 28 heteroatoms. The van der Waals surface area contributed by atoms with Crippen LogP contribution in [-0.4, -0.2) is 80.6 Å². The smallest absolute Gasteiger partial charge is 0.252 e. The molecule has 1 heterocycles. The maximum atomic E-state index is 14.0. The first-order chi connectivity index (χ1) is 18.8. The maximum Gasteiger partial charge on any atom is 0.460 e. The fourth-order valence-electron chi connectivity index (χ4n) is 2.68. The number of hydrogen-bond acceptors (Lipinski definition) is 2. The first-order valence-electron chi connectivity index (χ1n) is 9.92. The van der Waals surface area contributed by atoms with Crippen LogP contribution in [0.2, 0.25) is 0 Å². The van der Waals surface area contributed by atoms with Gasteiger partial charge in [0, 0.05) is 13.0 Å². The van der Waals surface area contributed by atoms with Crippen molar-refractivity contribution in [3.05, 3.63) is 11.9 Å². The van der Waals surface area contributed by atoms with E-state index in [1.807, 2.05) is 5.10 Å². The van der Waals surface area contributed by atoms with Crippen LogP contribution >= 0.6 is 0 Å². The van der Waals surface area contributed by atoms with Gasteiger partial charge in [0.2, 0.25) is 6.17 Å². The predicted molar refractivity (Wildman–Crippen MR) is 85.1 cm³/mol. The minimum absolute atomic E-state index is 0.784. The molecule has 1 aromatic heterocycles. The van der Waals surface area contributed by atoms with Crippen molar-refractivity contribution in [1.82, 2.24) is 15.0 Å². The first-order valence-corrected chi connectivity index (χ1v) is 9.92. The van der Waals surface area contributed by atoms with Crippen molar-refractivity contribution in [3.63, 3.8) is 0 Å². The lowest BCUT2D eigenvalue weighted by Gasteiger charge is -2.39. The molecular weight excluding hydrogens is 709 g/mol. The van der Waals surface area contributed by atoms with Gasteiger partial charge in [0.15, 0.2) is 0 Å². The van der Waals surface area contributed by atoms with E-state index in [-0.39, 0.29) is 0 Å². The molecular formula is C16H6F25N3. The quantitative estimate of drug-likeness (QED) is 0.203. The molecule has 0 N–H and O–H groups in total. The highest BCUT2D eigenvalue weighted by Crippen LogP contribution is 2.62. The van der Waals surface area contributed by atoms with Crippen molar-refractivity contribution in [2.24, 2.45) is 0 Å². The molecule has 0 aliphatic heterocycles. The Balaban J connectivity index is 3.35. The Morgan fingerprint density at radius 3 is 1.20 bits per heavy atom. The summed E-state index contributed by atoms with van der Waals surface area (Å²) in [6, 6.07) is 0. The molecule has 0 bridgehead atoms. The predicted octanol–water partition coefficient (Wildman–Crippen LogP) is 8.52. The molecule has 44 heavy (non-hydrogen) atoms. The summed E-state index contributed by atoms with van der Waals surface area (Å²) in [6.45, 7) is -2.36. The second-order valence-electron chi connectivity index (χ2n) is 8.36. The Morgan fingerprint density at radius 2 is 0.841 bits per heavy atom. The van der Waals surface area contributed by atoms with Crippen molar-refractivity contribution < 1.29 is 110 Å². The SMILES string of the molecule is F[C@H](c1cn(CCC(F)(F)C(F)(F)C(F)(F)C(F)(F)C(F)(F)C(F)(F)F)nn1)C(F)(F)C(F)(F)C(F)(F)C(F)(F)C(F)(F)F. The molecule has 0 amide bonds. The number of nitrogens with zero attached hydrogens (tertiary/aromatic N) is 3. The third kappa shape index (κ3) is 5.43. The molecule has 1 rings (SSSR count). The Bertz CT molecular complexity index is 1160. The van der Waals surface area contributed by atoms with Crippen molar-refractivity contribution in [2.75, 3.05) is 0 Å². The molecule has 3 nitrogen and oxygen atoms in total. The third-order valence-corrected chi connectivity index (χ3v) is 5.35. The van der Waals surface area contributed by atoms with Crippen LogP contribution in [-0.2, 0) is 6.54 Å². The van der Waals surface area contributed by atoms with Gasteiger partial charge in [0.25, 0.3) is 0 Å². The fourth-order valence-corrected chi connectivity index (χ4v) is 2.68. The van der Waals surface area contributed by atoms with Crippen molar-refractivity contribution >= 4 is 0 Å². The van der Waals surface area contributed by atoms with Gasteiger partial charge in [-0.1, -0.05) is 5.21 Å². The molecule has 0 aliphatic rings. The zero-order valence-electron chi connectivity index (χ0n) is 19.4. The average molecular weight is 715 g/mol. The molecule has 0 spiro atoms. The summed E-state index contributed by atoms with van der Waals surface area (Å²) in [5.41, 5.74) is -2.57. The van der Waals surface area contributed by atoms with Crippen LogP contribution in [0.3, 0.4) is 0 Å². The molecule has 0 saturated heterocycles. The molecule has 1 aromatic rings. The molecule has 0 unspecified atom stereocenters. The van der Waals surface area contributed by atoms with E-state index >= 15 is 0 Å². The van der Waals surface area contributed by atoms with E-state index in [1.165, 1.54) is 0 Å². The van der Waals surface area contributed by atoms with Crippen LogP contribution in [0.5, 0.6) is 0 Å². The summed E-state index contributed by atoms with van der Waals surface area (Å²) in [4.78, 5) is 0. The summed E-state index contributed by atoms with van der Waals surface area (Å²) >= 11 is 0. The third-order valence-electron chi connectivity index (χ3n) is 5.35. The maximum absolute atomic E-state index is 14.0. The van der Waals surface area contributed by atoms with E-state index < -0.39 is 101 Å². The van der Waals surface area contributed by atoms with E-state index in [9.17, 15) is 110 Å². The second kappa shape index (κ2) is 10.5. The van der Waals surface area contributed by atoms with E-state index in [2.05, 4.69) is 5.21 Å². The zero-order chi connectivity index (χ0) is 35.8. The van der Waals surface area contributed by atoms with Gasteiger partial charge < -0.3 is 0 Å². The Hall–Kier alpha value is -2.61. The van der Waals surface area contributed by atoms with E-state index in [1.54, 1.807) is 0 Å². The largest absolute Gasteiger partial charge is 0.460 e. The fraction of sp³-hybridized carbons (Fsp3) is 0.875. The summed E-state index contributed by atoms with van der Waals surface area (Å²) in [6.07, 6.45) is -24.6. The lowest BCUT2D eigenvalue weighted by molar-refractivity contribution is -0.440. The Kier molecular flexibility index (Phi) is 9.37. The highest BCUT2D eigenvalue weighted by molar-refractivity contribution is 5.14. The van der Waals surface area contributed by atoms with Gasteiger partial charge in [-0.2, -0.15) is 105 Å². The number of aromatic nitrogens is 3. The van der Waals surface area contributed by atoms with Crippen molar-refractivity contribution in [2.45, 2.75) is 84.8 Å². The lowest BCUT2D eigenvalue weighted by atomic mass is 9.92. The average Bonchev–Trinajstić information content (AvgIpc) is 3.28.